The summed E-state index contributed by atoms with van der Waals surface area (Å²) in [5.74, 6) is -0.745. The Bertz CT molecular complexity index is 1160. The Balaban J connectivity index is 1.67. The normalized spacial score (nSPS) is 11.0. The largest absolute Gasteiger partial charge is 0.322 e. The molecule has 0 spiro atoms. The van der Waals surface area contributed by atoms with E-state index in [1.807, 2.05) is 6.07 Å². The van der Waals surface area contributed by atoms with Gasteiger partial charge in [0.15, 0.2) is 0 Å². The molecule has 0 radical (unpaired) electrons. The molecule has 0 unspecified atom stereocenters. The predicted molar refractivity (Wildman–Crippen MR) is 118 cm³/mol. The van der Waals surface area contributed by atoms with Crippen LogP contribution in [0.3, 0.4) is 0 Å². The van der Waals surface area contributed by atoms with E-state index in [9.17, 15) is 19.7 Å². The van der Waals surface area contributed by atoms with E-state index in [4.69, 9.17) is 0 Å². The van der Waals surface area contributed by atoms with Gasteiger partial charge < -0.3 is 5.32 Å². The summed E-state index contributed by atoms with van der Waals surface area (Å²) in [6, 6.07) is 20.2. The molecule has 156 valence electrons. The van der Waals surface area contributed by atoms with Gasteiger partial charge in [0.25, 0.3) is 17.5 Å². The van der Waals surface area contributed by atoms with Gasteiger partial charge in [0.05, 0.1) is 16.2 Å². The second-order valence-electron chi connectivity index (χ2n) is 6.74. The number of rotatable bonds is 6. The van der Waals surface area contributed by atoms with Crippen molar-refractivity contribution in [1.29, 1.82) is 0 Å². The lowest BCUT2D eigenvalue weighted by Gasteiger charge is -2.08. The van der Waals surface area contributed by atoms with Crippen LogP contribution in [0.25, 0.3) is 0 Å². The third-order valence-electron chi connectivity index (χ3n) is 4.67. The molecule has 0 fully saturated rings. The quantitative estimate of drug-likeness (QED) is 0.354. The fourth-order valence-corrected chi connectivity index (χ4v) is 2.91. The first-order valence-corrected chi connectivity index (χ1v) is 9.42. The van der Waals surface area contributed by atoms with Gasteiger partial charge in [-0.05, 0) is 49.7 Å². The molecule has 8 heteroatoms. The van der Waals surface area contributed by atoms with Crippen LogP contribution in [0.4, 0.5) is 11.4 Å². The van der Waals surface area contributed by atoms with E-state index in [1.54, 1.807) is 55.5 Å². The van der Waals surface area contributed by atoms with Gasteiger partial charge in [0.2, 0.25) is 0 Å². The Morgan fingerprint density at radius 1 is 0.871 bits per heavy atom. The number of benzene rings is 3. The molecule has 0 aromatic heterocycles. The summed E-state index contributed by atoms with van der Waals surface area (Å²) in [5, 5.41) is 17.9. The van der Waals surface area contributed by atoms with Gasteiger partial charge in [0, 0.05) is 22.9 Å². The zero-order chi connectivity index (χ0) is 22.4. The first kappa shape index (κ1) is 21.4. The zero-order valence-corrected chi connectivity index (χ0v) is 17.0. The van der Waals surface area contributed by atoms with Crippen molar-refractivity contribution >= 4 is 28.9 Å². The topological polar surface area (TPSA) is 114 Å². The Morgan fingerprint density at radius 2 is 1.55 bits per heavy atom. The van der Waals surface area contributed by atoms with Crippen LogP contribution in [0, 0.1) is 17.0 Å². The molecule has 3 rings (SSSR count). The first-order valence-electron chi connectivity index (χ1n) is 9.42. The third-order valence-corrected chi connectivity index (χ3v) is 4.67. The molecule has 3 aromatic carbocycles. The Hall–Kier alpha value is -4.33. The van der Waals surface area contributed by atoms with E-state index in [-0.39, 0.29) is 22.7 Å². The van der Waals surface area contributed by atoms with Gasteiger partial charge in [-0.1, -0.05) is 36.4 Å². The first-order chi connectivity index (χ1) is 14.9. The number of hydrogen-bond acceptors (Lipinski definition) is 5. The number of hydrogen-bond donors (Lipinski definition) is 2. The van der Waals surface area contributed by atoms with Crippen LogP contribution in [0.15, 0.2) is 77.9 Å². The number of nitrogens with one attached hydrogen (secondary N) is 2. The van der Waals surface area contributed by atoms with Crippen LogP contribution in [-0.4, -0.2) is 22.4 Å². The molecule has 0 saturated heterocycles. The van der Waals surface area contributed by atoms with Crippen molar-refractivity contribution in [3.63, 3.8) is 0 Å². The van der Waals surface area contributed by atoms with Crippen molar-refractivity contribution in [3.8, 4) is 0 Å². The molecule has 31 heavy (non-hydrogen) atoms. The maximum Gasteiger partial charge on any atom is 0.273 e. The molecule has 2 N–H and O–H groups in total. The SMILES string of the molecule is C/C(=N/NC(=O)c1cccc([N+](=O)[O-])c1C)c1ccc(NC(=O)c2ccccc2)cc1. The van der Waals surface area contributed by atoms with E-state index in [0.717, 1.165) is 5.56 Å². The van der Waals surface area contributed by atoms with Crippen LogP contribution in [0.2, 0.25) is 0 Å². The summed E-state index contributed by atoms with van der Waals surface area (Å²) in [6.45, 7) is 3.24. The molecule has 0 saturated carbocycles. The minimum absolute atomic E-state index is 0.124. The van der Waals surface area contributed by atoms with E-state index in [0.29, 0.717) is 17.0 Å². The van der Waals surface area contributed by atoms with Crippen molar-refractivity contribution in [2.75, 3.05) is 5.32 Å². The summed E-state index contributed by atoms with van der Waals surface area (Å²) in [6.07, 6.45) is 0. The number of nitrogens with zero attached hydrogens (tertiary/aromatic N) is 2. The van der Waals surface area contributed by atoms with E-state index in [2.05, 4.69) is 15.8 Å². The molecule has 0 aliphatic rings. The number of carbonyl (C=O) groups is 2. The second kappa shape index (κ2) is 9.45. The molecule has 0 atom stereocenters. The van der Waals surface area contributed by atoms with Crippen molar-refractivity contribution in [2.45, 2.75) is 13.8 Å². The average molecular weight is 416 g/mol. The second-order valence-corrected chi connectivity index (χ2v) is 6.74. The Labute approximate surface area is 178 Å². The minimum Gasteiger partial charge on any atom is -0.322 e. The third kappa shape index (κ3) is 5.18. The van der Waals surface area contributed by atoms with Crippen LogP contribution in [0.5, 0.6) is 0 Å². The van der Waals surface area contributed by atoms with Gasteiger partial charge >= 0.3 is 0 Å². The lowest BCUT2D eigenvalue weighted by atomic mass is 10.1. The molecule has 3 aromatic rings. The van der Waals surface area contributed by atoms with Crippen molar-refractivity contribution in [2.24, 2.45) is 5.10 Å². The predicted octanol–water partition coefficient (Wildman–Crippen LogP) is 4.31. The maximum atomic E-state index is 12.4. The standard InChI is InChI=1S/C23H20N4O4/c1-15-20(9-6-10-21(15)27(30)31)23(29)26-25-16(2)17-11-13-19(14-12-17)24-22(28)18-7-4-3-5-8-18/h3-14H,1-2H3,(H,24,28)(H,26,29)/b25-16-. The van der Waals surface area contributed by atoms with Gasteiger partial charge in [-0.15, -0.1) is 0 Å². The van der Waals surface area contributed by atoms with Gasteiger partial charge in [-0.3, -0.25) is 19.7 Å². The van der Waals surface area contributed by atoms with Crippen molar-refractivity contribution in [3.05, 3.63) is 105 Å². The molecular weight excluding hydrogens is 396 g/mol. The molecule has 0 aliphatic carbocycles. The summed E-state index contributed by atoms with van der Waals surface area (Å²) in [5.41, 5.74) is 5.23. The van der Waals surface area contributed by atoms with Gasteiger partial charge in [-0.25, -0.2) is 5.43 Å². The van der Waals surface area contributed by atoms with Crippen LogP contribution in [-0.2, 0) is 0 Å². The summed E-state index contributed by atoms with van der Waals surface area (Å²) >= 11 is 0. The Morgan fingerprint density at radius 3 is 2.19 bits per heavy atom. The highest BCUT2D eigenvalue weighted by atomic mass is 16.6. The summed E-state index contributed by atoms with van der Waals surface area (Å²) < 4.78 is 0. The monoisotopic (exact) mass is 416 g/mol. The number of carbonyl (C=O) groups excluding carboxylic acids is 2. The van der Waals surface area contributed by atoms with E-state index in [1.165, 1.54) is 25.1 Å². The minimum atomic E-state index is -0.535. The molecule has 0 bridgehead atoms. The molecule has 0 aliphatic heterocycles. The fraction of sp³-hybridized carbons (Fsp3) is 0.0870. The summed E-state index contributed by atoms with van der Waals surface area (Å²) in [4.78, 5) is 35.1. The van der Waals surface area contributed by atoms with Crippen LogP contribution < -0.4 is 10.7 Å². The van der Waals surface area contributed by atoms with E-state index < -0.39 is 10.8 Å². The van der Waals surface area contributed by atoms with Gasteiger partial charge in [-0.2, -0.15) is 5.10 Å². The maximum absolute atomic E-state index is 12.4. The van der Waals surface area contributed by atoms with Gasteiger partial charge in [0.1, 0.15) is 0 Å². The number of amides is 2. The van der Waals surface area contributed by atoms with E-state index >= 15 is 0 Å². The highest BCUT2D eigenvalue weighted by molar-refractivity contribution is 6.05. The molecule has 0 heterocycles. The molecular formula is C23H20N4O4. The lowest BCUT2D eigenvalue weighted by molar-refractivity contribution is -0.385. The number of anilines is 1. The highest BCUT2D eigenvalue weighted by Crippen LogP contribution is 2.21. The smallest absolute Gasteiger partial charge is 0.273 e. The summed E-state index contributed by atoms with van der Waals surface area (Å²) in [7, 11) is 0. The molecule has 8 nitrogen and oxygen atoms in total. The fourth-order valence-electron chi connectivity index (χ4n) is 2.91. The molecule has 2 amide bonds. The number of nitro benzene ring substituents is 1. The van der Waals surface area contributed by atoms with Crippen LogP contribution in [0.1, 0.15) is 38.8 Å². The van der Waals surface area contributed by atoms with Crippen molar-refractivity contribution in [1.82, 2.24) is 5.43 Å². The Kier molecular flexibility index (Phi) is 6.51. The van der Waals surface area contributed by atoms with Crippen molar-refractivity contribution < 1.29 is 14.5 Å². The highest BCUT2D eigenvalue weighted by Gasteiger charge is 2.17. The number of nitro groups is 1. The van der Waals surface area contributed by atoms with Crippen LogP contribution >= 0.6 is 0 Å². The average Bonchev–Trinajstić information content (AvgIpc) is 2.78. The lowest BCUT2D eigenvalue weighted by Crippen LogP contribution is -2.20. The number of hydrazone groups is 1. The zero-order valence-electron chi connectivity index (χ0n) is 17.0.